The van der Waals surface area contributed by atoms with Crippen molar-refractivity contribution in [2.24, 2.45) is 18.0 Å². The van der Waals surface area contributed by atoms with E-state index in [0.29, 0.717) is 13.1 Å². The van der Waals surface area contributed by atoms with Gasteiger partial charge in [0.15, 0.2) is 5.96 Å². The van der Waals surface area contributed by atoms with Crippen LogP contribution in [0.5, 0.6) is 5.75 Å². The van der Waals surface area contributed by atoms with Crippen LogP contribution in [-0.4, -0.2) is 28.9 Å². The summed E-state index contributed by atoms with van der Waals surface area (Å²) in [4.78, 5) is 4.63. The van der Waals surface area contributed by atoms with Crippen LogP contribution in [0.3, 0.4) is 0 Å². The smallest absolute Gasteiger partial charge is 0.191 e. The molecule has 1 fully saturated rings. The third kappa shape index (κ3) is 6.51. The fourth-order valence-corrected chi connectivity index (χ4v) is 2.53. The molecule has 1 aromatic heterocycles. The maximum atomic E-state index is 5.97. The minimum Gasteiger partial charge on any atom is -0.493 e. The number of hydrogen-bond donors (Lipinski definition) is 2. The summed E-state index contributed by atoms with van der Waals surface area (Å²) in [5, 5.41) is 10.8. The maximum absolute atomic E-state index is 5.97. The number of benzene rings is 1. The topological polar surface area (TPSA) is 63.5 Å². The summed E-state index contributed by atoms with van der Waals surface area (Å²) in [7, 11) is 1.91. The van der Waals surface area contributed by atoms with Crippen molar-refractivity contribution in [1.82, 2.24) is 20.4 Å². The average Bonchev–Trinajstić information content (AvgIpc) is 3.36. The predicted octanol–water partition coefficient (Wildman–Crippen LogP) is 3.08. The van der Waals surface area contributed by atoms with Gasteiger partial charge in [-0.05, 0) is 31.7 Å². The van der Waals surface area contributed by atoms with Crippen molar-refractivity contribution < 1.29 is 4.74 Å². The van der Waals surface area contributed by atoms with Crippen LogP contribution in [0.1, 0.15) is 30.9 Å². The molecule has 1 saturated carbocycles. The van der Waals surface area contributed by atoms with E-state index in [2.05, 4.69) is 33.7 Å². The molecule has 0 aliphatic heterocycles. The SMILES string of the molecule is CCNC(=NCc1cnn(C)c1)NCc1ccccc1OCC1CC1.I. The van der Waals surface area contributed by atoms with Gasteiger partial charge in [-0.25, -0.2) is 4.99 Å². The number of nitrogens with zero attached hydrogens (tertiary/aromatic N) is 3. The second kappa shape index (κ2) is 10.4. The van der Waals surface area contributed by atoms with Crippen LogP contribution >= 0.6 is 24.0 Å². The lowest BCUT2D eigenvalue weighted by Crippen LogP contribution is -2.36. The lowest BCUT2D eigenvalue weighted by atomic mass is 10.2. The molecular formula is C19H28IN5O. The third-order valence-corrected chi connectivity index (χ3v) is 4.11. The van der Waals surface area contributed by atoms with Gasteiger partial charge in [-0.3, -0.25) is 4.68 Å². The van der Waals surface area contributed by atoms with Crippen LogP contribution in [0.2, 0.25) is 0 Å². The zero-order valence-corrected chi connectivity index (χ0v) is 17.8. The first-order valence-electron chi connectivity index (χ1n) is 8.95. The Morgan fingerprint density at radius 3 is 2.81 bits per heavy atom. The molecule has 142 valence electrons. The van der Waals surface area contributed by atoms with E-state index in [1.165, 1.54) is 12.8 Å². The Morgan fingerprint density at radius 2 is 2.12 bits per heavy atom. The van der Waals surface area contributed by atoms with Crippen LogP contribution in [0, 0.1) is 5.92 Å². The Bertz CT molecular complexity index is 711. The quantitative estimate of drug-likeness (QED) is 0.355. The summed E-state index contributed by atoms with van der Waals surface area (Å²) < 4.78 is 7.76. The monoisotopic (exact) mass is 469 g/mol. The highest BCUT2D eigenvalue weighted by Gasteiger charge is 2.22. The van der Waals surface area contributed by atoms with Gasteiger partial charge in [0.25, 0.3) is 0 Å². The number of guanidine groups is 1. The number of rotatable bonds is 8. The third-order valence-electron chi connectivity index (χ3n) is 4.11. The summed E-state index contributed by atoms with van der Waals surface area (Å²) in [6, 6.07) is 8.20. The molecule has 2 aromatic rings. The molecule has 1 heterocycles. The van der Waals surface area contributed by atoms with E-state index in [1.54, 1.807) is 4.68 Å². The molecule has 0 amide bonds. The van der Waals surface area contributed by atoms with Gasteiger partial charge in [0.05, 0.1) is 19.3 Å². The molecule has 0 unspecified atom stereocenters. The van der Waals surface area contributed by atoms with Crippen molar-refractivity contribution in [1.29, 1.82) is 0 Å². The van der Waals surface area contributed by atoms with Gasteiger partial charge in [-0.2, -0.15) is 5.10 Å². The van der Waals surface area contributed by atoms with E-state index in [-0.39, 0.29) is 24.0 Å². The van der Waals surface area contributed by atoms with Crippen LogP contribution in [0.25, 0.3) is 0 Å². The van der Waals surface area contributed by atoms with Crippen LogP contribution in [0.15, 0.2) is 41.7 Å². The largest absolute Gasteiger partial charge is 0.493 e. The van der Waals surface area contributed by atoms with Crippen LogP contribution in [0.4, 0.5) is 0 Å². The highest BCUT2D eigenvalue weighted by Crippen LogP contribution is 2.30. The van der Waals surface area contributed by atoms with Crippen LogP contribution < -0.4 is 15.4 Å². The van der Waals surface area contributed by atoms with Crippen molar-refractivity contribution >= 4 is 29.9 Å². The van der Waals surface area contributed by atoms with E-state index >= 15 is 0 Å². The van der Waals surface area contributed by atoms with E-state index in [0.717, 1.165) is 41.9 Å². The zero-order valence-electron chi connectivity index (χ0n) is 15.4. The minimum absolute atomic E-state index is 0. The molecule has 26 heavy (non-hydrogen) atoms. The van der Waals surface area contributed by atoms with Gasteiger partial charge in [0.2, 0.25) is 0 Å². The molecule has 0 radical (unpaired) electrons. The van der Waals surface area contributed by atoms with E-state index < -0.39 is 0 Å². The highest BCUT2D eigenvalue weighted by molar-refractivity contribution is 14.0. The molecule has 2 N–H and O–H groups in total. The Hall–Kier alpha value is -1.77. The highest BCUT2D eigenvalue weighted by atomic mass is 127. The van der Waals surface area contributed by atoms with Gasteiger partial charge in [0.1, 0.15) is 5.75 Å². The number of ether oxygens (including phenoxy) is 1. The van der Waals surface area contributed by atoms with Crippen LogP contribution in [-0.2, 0) is 20.1 Å². The second-order valence-electron chi connectivity index (χ2n) is 6.43. The lowest BCUT2D eigenvalue weighted by Gasteiger charge is -2.14. The predicted molar refractivity (Wildman–Crippen MR) is 115 cm³/mol. The summed E-state index contributed by atoms with van der Waals surface area (Å²) in [6.07, 6.45) is 6.42. The Labute approximate surface area is 172 Å². The van der Waals surface area contributed by atoms with Crippen molar-refractivity contribution in [3.05, 3.63) is 47.8 Å². The van der Waals surface area contributed by atoms with Crippen molar-refractivity contribution in [2.75, 3.05) is 13.2 Å². The molecular weight excluding hydrogens is 441 g/mol. The molecule has 1 aliphatic carbocycles. The molecule has 3 rings (SSSR count). The zero-order chi connectivity index (χ0) is 17.5. The standard InChI is InChI=1S/C19H27N5O.HI/c1-3-20-19(21-10-16-11-23-24(2)13-16)22-12-17-6-4-5-7-18(17)25-14-15-8-9-15;/h4-7,11,13,15H,3,8-10,12,14H2,1-2H3,(H2,20,21,22);1H. The van der Waals surface area contributed by atoms with E-state index in [1.807, 2.05) is 37.6 Å². The first-order valence-corrected chi connectivity index (χ1v) is 8.95. The van der Waals surface area contributed by atoms with Crippen molar-refractivity contribution in [2.45, 2.75) is 32.9 Å². The van der Waals surface area contributed by atoms with E-state index in [4.69, 9.17) is 4.74 Å². The Morgan fingerprint density at radius 1 is 1.31 bits per heavy atom. The number of aliphatic imine (C=N–C) groups is 1. The van der Waals surface area contributed by atoms with Gasteiger partial charge >= 0.3 is 0 Å². The number of halogens is 1. The number of aryl methyl sites for hydroxylation is 1. The van der Waals surface area contributed by atoms with Gasteiger partial charge < -0.3 is 15.4 Å². The first kappa shape index (κ1) is 20.5. The second-order valence-corrected chi connectivity index (χ2v) is 6.43. The van der Waals surface area contributed by atoms with Crippen molar-refractivity contribution in [3.63, 3.8) is 0 Å². The molecule has 0 atom stereocenters. The Balaban J connectivity index is 0.00000243. The van der Waals surface area contributed by atoms with Gasteiger partial charge in [0, 0.05) is 37.5 Å². The van der Waals surface area contributed by atoms with E-state index in [9.17, 15) is 0 Å². The maximum Gasteiger partial charge on any atom is 0.191 e. The van der Waals surface area contributed by atoms with Crippen molar-refractivity contribution in [3.8, 4) is 5.75 Å². The number of nitrogens with one attached hydrogen (secondary N) is 2. The number of aromatic nitrogens is 2. The normalized spacial score (nSPS) is 13.8. The molecule has 7 heteroatoms. The fraction of sp³-hybridized carbons (Fsp3) is 0.474. The lowest BCUT2D eigenvalue weighted by molar-refractivity contribution is 0.296. The molecule has 0 saturated heterocycles. The summed E-state index contributed by atoms with van der Waals surface area (Å²) in [6.45, 7) is 4.99. The average molecular weight is 469 g/mol. The number of para-hydroxylation sites is 1. The molecule has 6 nitrogen and oxygen atoms in total. The first-order chi connectivity index (χ1) is 12.2. The fourth-order valence-electron chi connectivity index (χ4n) is 2.53. The summed E-state index contributed by atoms with van der Waals surface area (Å²) in [5.41, 5.74) is 2.24. The molecule has 0 spiro atoms. The molecule has 1 aromatic carbocycles. The van der Waals surface area contributed by atoms with Gasteiger partial charge in [-0.1, -0.05) is 18.2 Å². The Kier molecular flexibility index (Phi) is 8.21. The minimum atomic E-state index is 0. The summed E-state index contributed by atoms with van der Waals surface area (Å²) in [5.74, 6) is 2.51. The number of hydrogen-bond acceptors (Lipinski definition) is 3. The summed E-state index contributed by atoms with van der Waals surface area (Å²) >= 11 is 0. The molecule has 0 bridgehead atoms. The molecule has 1 aliphatic rings. The van der Waals surface area contributed by atoms with Gasteiger partial charge in [-0.15, -0.1) is 24.0 Å².